The van der Waals surface area contributed by atoms with E-state index in [1.807, 2.05) is 6.92 Å². The van der Waals surface area contributed by atoms with Gasteiger partial charge in [-0.15, -0.1) is 0 Å². The predicted molar refractivity (Wildman–Crippen MR) is 88.7 cm³/mol. The average Bonchev–Trinajstić information content (AvgIpc) is 2.46. The highest BCUT2D eigenvalue weighted by molar-refractivity contribution is 9.10. The van der Waals surface area contributed by atoms with Gasteiger partial charge in [0.05, 0.1) is 15.5 Å². The van der Waals surface area contributed by atoms with Crippen molar-refractivity contribution in [1.29, 1.82) is 0 Å². The van der Waals surface area contributed by atoms with Gasteiger partial charge < -0.3 is 5.32 Å². The molecule has 0 aliphatic heterocycles. The van der Waals surface area contributed by atoms with Crippen molar-refractivity contribution in [2.24, 2.45) is 0 Å². The molecule has 0 spiro atoms. The van der Waals surface area contributed by atoms with Crippen LogP contribution in [0.5, 0.6) is 0 Å². The summed E-state index contributed by atoms with van der Waals surface area (Å²) in [4.78, 5) is 0. The molecule has 0 bridgehead atoms. The molecule has 0 fully saturated rings. The Morgan fingerprint density at radius 3 is 2.52 bits per heavy atom. The summed E-state index contributed by atoms with van der Waals surface area (Å²) >= 11 is 12.4. The molecular weight excluding hydrogens is 427 g/mol. The van der Waals surface area contributed by atoms with Crippen LogP contribution in [-0.4, -0.2) is 6.54 Å². The Kier molecular flexibility index (Phi) is 5.77. The van der Waals surface area contributed by atoms with Crippen molar-refractivity contribution in [3.05, 3.63) is 67.1 Å². The summed E-state index contributed by atoms with van der Waals surface area (Å²) < 4.78 is 29.0. The normalized spacial score (nSPS) is 12.5. The number of nitrogens with one attached hydrogen (secondary N) is 1. The van der Waals surface area contributed by atoms with E-state index in [2.05, 4.69) is 37.2 Å². The second-order valence-corrected chi connectivity index (χ2v) is 6.42. The zero-order valence-electron chi connectivity index (χ0n) is 11.1. The van der Waals surface area contributed by atoms with E-state index in [4.69, 9.17) is 11.6 Å². The van der Waals surface area contributed by atoms with Crippen LogP contribution in [0.3, 0.4) is 0 Å². The molecule has 1 atom stereocenters. The Bertz CT molecular complexity index is 664. The maximum absolute atomic E-state index is 14.4. The molecule has 2 aromatic carbocycles. The lowest BCUT2D eigenvalue weighted by molar-refractivity contribution is 0.552. The number of benzene rings is 2. The molecule has 6 heteroatoms. The zero-order valence-corrected chi connectivity index (χ0v) is 15.0. The minimum atomic E-state index is -0.520. The number of hydrogen-bond acceptors (Lipinski definition) is 1. The summed E-state index contributed by atoms with van der Waals surface area (Å²) in [6.07, 6.45) is 0. The molecule has 1 unspecified atom stereocenters. The van der Waals surface area contributed by atoms with Crippen LogP contribution in [0.25, 0.3) is 0 Å². The average molecular weight is 440 g/mol. The van der Waals surface area contributed by atoms with E-state index in [0.717, 1.165) is 0 Å². The topological polar surface area (TPSA) is 12.0 Å². The highest BCUT2D eigenvalue weighted by Crippen LogP contribution is 2.35. The van der Waals surface area contributed by atoms with Crippen molar-refractivity contribution < 1.29 is 8.78 Å². The predicted octanol–water partition coefficient (Wildman–Crippen LogP) is 5.84. The molecular formula is C15H12Br2ClF2N. The van der Waals surface area contributed by atoms with Gasteiger partial charge in [-0.25, -0.2) is 8.78 Å². The first-order valence-corrected chi connectivity index (χ1v) is 8.24. The molecule has 1 N–H and O–H groups in total. The summed E-state index contributed by atoms with van der Waals surface area (Å²) in [5.74, 6) is -0.910. The Hall–Kier alpha value is -0.490. The third-order valence-corrected chi connectivity index (χ3v) is 5.17. The van der Waals surface area contributed by atoms with Crippen LogP contribution in [0.15, 0.2) is 39.3 Å². The van der Waals surface area contributed by atoms with Gasteiger partial charge in [0.2, 0.25) is 0 Å². The van der Waals surface area contributed by atoms with E-state index in [1.165, 1.54) is 6.07 Å². The SMILES string of the molecule is CCNC(c1ccc(Br)c(Cl)c1F)c1cccc(F)c1Br. The number of halogens is 5. The Labute approximate surface area is 144 Å². The van der Waals surface area contributed by atoms with Crippen molar-refractivity contribution in [2.75, 3.05) is 6.54 Å². The fraction of sp³-hybridized carbons (Fsp3) is 0.200. The van der Waals surface area contributed by atoms with Gasteiger partial charge in [0.1, 0.15) is 11.6 Å². The van der Waals surface area contributed by atoms with Crippen molar-refractivity contribution in [3.8, 4) is 0 Å². The summed E-state index contributed by atoms with van der Waals surface area (Å²) in [6.45, 7) is 2.50. The molecule has 0 saturated heterocycles. The van der Waals surface area contributed by atoms with Crippen LogP contribution >= 0.6 is 43.5 Å². The minimum Gasteiger partial charge on any atom is -0.306 e. The number of hydrogen-bond donors (Lipinski definition) is 1. The van der Waals surface area contributed by atoms with Crippen LogP contribution in [-0.2, 0) is 0 Å². The molecule has 112 valence electrons. The maximum Gasteiger partial charge on any atom is 0.148 e. The molecule has 0 aliphatic carbocycles. The van der Waals surface area contributed by atoms with Gasteiger partial charge in [0.25, 0.3) is 0 Å². The highest BCUT2D eigenvalue weighted by atomic mass is 79.9. The Morgan fingerprint density at radius 2 is 1.86 bits per heavy atom. The fourth-order valence-corrected chi connectivity index (χ4v) is 3.07. The summed E-state index contributed by atoms with van der Waals surface area (Å²) in [5, 5.41) is 3.18. The lowest BCUT2D eigenvalue weighted by Crippen LogP contribution is -2.23. The second kappa shape index (κ2) is 7.18. The van der Waals surface area contributed by atoms with Crippen LogP contribution < -0.4 is 5.32 Å². The molecule has 0 amide bonds. The van der Waals surface area contributed by atoms with E-state index in [-0.39, 0.29) is 10.8 Å². The van der Waals surface area contributed by atoms with E-state index < -0.39 is 11.9 Å². The summed E-state index contributed by atoms with van der Waals surface area (Å²) in [6, 6.07) is 7.51. The molecule has 0 aliphatic rings. The van der Waals surface area contributed by atoms with Gasteiger partial charge >= 0.3 is 0 Å². The molecule has 2 aromatic rings. The van der Waals surface area contributed by atoms with Crippen molar-refractivity contribution >= 4 is 43.5 Å². The number of rotatable bonds is 4. The first kappa shape index (κ1) is 16.9. The molecule has 0 aromatic heterocycles. The van der Waals surface area contributed by atoms with Gasteiger partial charge in [-0.3, -0.25) is 0 Å². The quantitative estimate of drug-likeness (QED) is 0.590. The monoisotopic (exact) mass is 437 g/mol. The van der Waals surface area contributed by atoms with Crippen LogP contribution in [0.4, 0.5) is 8.78 Å². The standard InChI is InChI=1S/C15H12Br2ClF2N/c1-2-21-15(8-4-3-5-11(19)12(8)17)9-6-7-10(16)13(18)14(9)20/h3-7,15,21H,2H2,1H3. The van der Waals surface area contributed by atoms with Crippen molar-refractivity contribution in [1.82, 2.24) is 5.32 Å². The van der Waals surface area contributed by atoms with E-state index in [0.29, 0.717) is 26.6 Å². The largest absolute Gasteiger partial charge is 0.306 e. The lowest BCUT2D eigenvalue weighted by atomic mass is 9.98. The molecule has 0 heterocycles. The Balaban J connectivity index is 2.59. The van der Waals surface area contributed by atoms with Crippen LogP contribution in [0.1, 0.15) is 24.1 Å². The molecule has 2 rings (SSSR count). The summed E-state index contributed by atoms with van der Waals surface area (Å²) in [7, 11) is 0. The molecule has 0 saturated carbocycles. The van der Waals surface area contributed by atoms with E-state index >= 15 is 0 Å². The van der Waals surface area contributed by atoms with Gasteiger partial charge in [-0.05, 0) is 56.1 Å². The third kappa shape index (κ3) is 3.47. The lowest BCUT2D eigenvalue weighted by Gasteiger charge is -2.21. The van der Waals surface area contributed by atoms with Crippen LogP contribution in [0, 0.1) is 11.6 Å². The smallest absolute Gasteiger partial charge is 0.148 e. The van der Waals surface area contributed by atoms with Crippen molar-refractivity contribution in [2.45, 2.75) is 13.0 Å². The molecule has 1 nitrogen and oxygen atoms in total. The minimum absolute atomic E-state index is 0.0166. The van der Waals surface area contributed by atoms with E-state index in [1.54, 1.807) is 24.3 Å². The first-order valence-electron chi connectivity index (χ1n) is 6.28. The van der Waals surface area contributed by atoms with E-state index in [9.17, 15) is 8.78 Å². The second-order valence-electron chi connectivity index (χ2n) is 4.40. The Morgan fingerprint density at radius 1 is 1.14 bits per heavy atom. The van der Waals surface area contributed by atoms with Gasteiger partial charge in [0.15, 0.2) is 0 Å². The molecule has 0 radical (unpaired) electrons. The van der Waals surface area contributed by atoms with Gasteiger partial charge in [-0.2, -0.15) is 0 Å². The third-order valence-electron chi connectivity index (χ3n) is 3.08. The maximum atomic E-state index is 14.4. The van der Waals surface area contributed by atoms with Gasteiger partial charge in [0, 0.05) is 10.0 Å². The highest BCUT2D eigenvalue weighted by Gasteiger charge is 2.23. The first-order chi connectivity index (χ1) is 9.97. The summed E-state index contributed by atoms with van der Waals surface area (Å²) in [5.41, 5.74) is 0.991. The van der Waals surface area contributed by atoms with Crippen molar-refractivity contribution in [3.63, 3.8) is 0 Å². The zero-order chi connectivity index (χ0) is 15.6. The fourth-order valence-electron chi connectivity index (χ4n) is 2.10. The molecule has 21 heavy (non-hydrogen) atoms. The van der Waals surface area contributed by atoms with Gasteiger partial charge in [-0.1, -0.05) is 36.7 Å². The van der Waals surface area contributed by atoms with Crippen LogP contribution in [0.2, 0.25) is 5.02 Å².